The summed E-state index contributed by atoms with van der Waals surface area (Å²) < 4.78 is 0. The molecule has 3 heteroatoms. The quantitative estimate of drug-likeness (QED) is 0.898. The van der Waals surface area contributed by atoms with Gasteiger partial charge in [0, 0.05) is 50.9 Å². The molecule has 0 saturated carbocycles. The maximum absolute atomic E-state index is 3.54. The molecule has 0 aromatic heterocycles. The normalized spacial score (nSPS) is 23.3. The van der Waals surface area contributed by atoms with E-state index in [0.29, 0.717) is 5.92 Å². The molecule has 2 heterocycles. The predicted molar refractivity (Wildman–Crippen MR) is 90.0 cm³/mol. The van der Waals surface area contributed by atoms with Crippen molar-refractivity contribution in [1.29, 1.82) is 0 Å². The van der Waals surface area contributed by atoms with Gasteiger partial charge in [-0.15, -0.1) is 0 Å². The first-order chi connectivity index (χ1) is 10.2. The molecule has 1 unspecified atom stereocenters. The second-order valence-electron chi connectivity index (χ2n) is 6.99. The van der Waals surface area contributed by atoms with Gasteiger partial charge in [0.15, 0.2) is 0 Å². The van der Waals surface area contributed by atoms with E-state index in [2.05, 4.69) is 53.2 Å². The zero-order valence-corrected chi connectivity index (χ0v) is 13.5. The summed E-state index contributed by atoms with van der Waals surface area (Å²) in [4.78, 5) is 5.27. The van der Waals surface area contributed by atoms with Crippen LogP contribution in [0.15, 0.2) is 24.3 Å². The van der Waals surface area contributed by atoms with Crippen LogP contribution >= 0.6 is 0 Å². The van der Waals surface area contributed by atoms with Crippen LogP contribution in [0.1, 0.15) is 31.7 Å². The highest BCUT2D eigenvalue weighted by Crippen LogP contribution is 2.33. The number of hydrogen-bond donors (Lipinski definition) is 1. The summed E-state index contributed by atoms with van der Waals surface area (Å²) in [5.74, 6) is 1.49. The molecule has 1 N–H and O–H groups in total. The zero-order valence-electron chi connectivity index (χ0n) is 13.5. The molecule has 0 aliphatic carbocycles. The number of nitrogens with zero attached hydrogens (tertiary/aromatic N) is 2. The van der Waals surface area contributed by atoms with Gasteiger partial charge in [-0.2, -0.15) is 0 Å². The fourth-order valence-corrected chi connectivity index (χ4v) is 3.66. The third-order valence-electron chi connectivity index (χ3n) is 4.82. The first-order valence-electron chi connectivity index (χ1n) is 8.50. The Balaban J connectivity index is 1.43. The molecule has 3 rings (SSSR count). The third-order valence-corrected chi connectivity index (χ3v) is 4.82. The SMILES string of the molecule is CC(C)CN1CCN(CCC2CNc3ccccc32)CC1. The van der Waals surface area contributed by atoms with Gasteiger partial charge >= 0.3 is 0 Å². The second-order valence-corrected chi connectivity index (χ2v) is 6.99. The number of benzene rings is 1. The Hall–Kier alpha value is -1.06. The van der Waals surface area contributed by atoms with E-state index in [9.17, 15) is 0 Å². The Morgan fingerprint density at radius 2 is 1.81 bits per heavy atom. The highest BCUT2D eigenvalue weighted by atomic mass is 15.3. The number of piperazine rings is 1. The third kappa shape index (κ3) is 3.78. The van der Waals surface area contributed by atoms with Crippen molar-refractivity contribution >= 4 is 5.69 Å². The summed E-state index contributed by atoms with van der Waals surface area (Å²) in [6, 6.07) is 8.80. The van der Waals surface area contributed by atoms with Crippen LogP contribution in [-0.2, 0) is 0 Å². The van der Waals surface area contributed by atoms with Crippen LogP contribution in [-0.4, -0.2) is 55.6 Å². The molecule has 1 fully saturated rings. The number of fused-ring (bicyclic) bond motifs is 1. The highest BCUT2D eigenvalue weighted by molar-refractivity contribution is 5.57. The van der Waals surface area contributed by atoms with Gasteiger partial charge in [0.05, 0.1) is 0 Å². The summed E-state index contributed by atoms with van der Waals surface area (Å²) in [5.41, 5.74) is 2.88. The lowest BCUT2D eigenvalue weighted by Crippen LogP contribution is -2.47. The molecule has 1 saturated heterocycles. The molecule has 0 amide bonds. The fraction of sp³-hybridized carbons (Fsp3) is 0.667. The Labute approximate surface area is 129 Å². The molecule has 0 spiro atoms. The average Bonchev–Trinajstić information content (AvgIpc) is 2.89. The van der Waals surface area contributed by atoms with Gasteiger partial charge < -0.3 is 15.1 Å². The van der Waals surface area contributed by atoms with Gasteiger partial charge in [-0.05, 0) is 30.5 Å². The van der Waals surface area contributed by atoms with Gasteiger partial charge in [-0.3, -0.25) is 0 Å². The molecule has 2 aliphatic heterocycles. The van der Waals surface area contributed by atoms with E-state index in [-0.39, 0.29) is 0 Å². The van der Waals surface area contributed by atoms with Crippen molar-refractivity contribution in [2.45, 2.75) is 26.2 Å². The van der Waals surface area contributed by atoms with Crippen LogP contribution in [0.25, 0.3) is 0 Å². The summed E-state index contributed by atoms with van der Waals surface area (Å²) in [5, 5.41) is 3.54. The highest BCUT2D eigenvalue weighted by Gasteiger charge is 2.23. The smallest absolute Gasteiger partial charge is 0.0376 e. The minimum atomic E-state index is 0.704. The van der Waals surface area contributed by atoms with Crippen LogP contribution < -0.4 is 5.32 Å². The van der Waals surface area contributed by atoms with Crippen molar-refractivity contribution in [2.75, 3.05) is 51.1 Å². The summed E-state index contributed by atoms with van der Waals surface area (Å²) in [6.07, 6.45) is 1.29. The van der Waals surface area contributed by atoms with Crippen LogP contribution in [0, 0.1) is 5.92 Å². The van der Waals surface area contributed by atoms with Gasteiger partial charge in [0.25, 0.3) is 0 Å². The molecular formula is C18H29N3. The maximum atomic E-state index is 3.54. The molecule has 1 atom stereocenters. The molecule has 0 radical (unpaired) electrons. The summed E-state index contributed by atoms with van der Waals surface area (Å²) >= 11 is 0. The number of hydrogen-bond acceptors (Lipinski definition) is 3. The van der Waals surface area contributed by atoms with Crippen molar-refractivity contribution in [2.24, 2.45) is 5.92 Å². The number of para-hydroxylation sites is 1. The van der Waals surface area contributed by atoms with Gasteiger partial charge in [-0.25, -0.2) is 0 Å². The predicted octanol–water partition coefficient (Wildman–Crippen LogP) is 2.86. The first kappa shape index (κ1) is 14.9. The zero-order chi connectivity index (χ0) is 14.7. The lowest BCUT2D eigenvalue weighted by Gasteiger charge is -2.35. The standard InChI is InChI=1S/C18H29N3/c1-15(2)14-21-11-9-20(10-12-21)8-7-16-13-19-18-6-4-3-5-17(16)18/h3-6,15-16,19H,7-14H2,1-2H3. The van der Waals surface area contributed by atoms with Crippen LogP contribution in [0.5, 0.6) is 0 Å². The maximum Gasteiger partial charge on any atom is 0.0376 e. The van der Waals surface area contributed by atoms with Gasteiger partial charge in [0.2, 0.25) is 0 Å². The van der Waals surface area contributed by atoms with Crippen molar-refractivity contribution in [3.05, 3.63) is 29.8 Å². The van der Waals surface area contributed by atoms with Crippen molar-refractivity contribution in [1.82, 2.24) is 9.80 Å². The number of rotatable bonds is 5. The number of anilines is 1. The topological polar surface area (TPSA) is 18.5 Å². The molecule has 2 aliphatic rings. The lowest BCUT2D eigenvalue weighted by molar-refractivity contribution is 0.120. The summed E-state index contributed by atoms with van der Waals surface area (Å²) in [6.45, 7) is 13.2. The Morgan fingerprint density at radius 1 is 1.10 bits per heavy atom. The Morgan fingerprint density at radius 3 is 2.57 bits per heavy atom. The Bertz CT molecular complexity index is 450. The van der Waals surface area contributed by atoms with E-state index in [1.165, 1.54) is 56.9 Å². The largest absolute Gasteiger partial charge is 0.384 e. The molecule has 3 nitrogen and oxygen atoms in total. The Kier molecular flexibility index (Phi) is 4.81. The number of nitrogens with one attached hydrogen (secondary N) is 1. The molecule has 116 valence electrons. The summed E-state index contributed by atoms with van der Waals surface area (Å²) in [7, 11) is 0. The van der Waals surface area contributed by atoms with Gasteiger partial charge in [-0.1, -0.05) is 32.0 Å². The van der Waals surface area contributed by atoms with Crippen molar-refractivity contribution in [3.63, 3.8) is 0 Å². The van der Waals surface area contributed by atoms with Gasteiger partial charge in [0.1, 0.15) is 0 Å². The van der Waals surface area contributed by atoms with E-state index < -0.39 is 0 Å². The molecule has 0 bridgehead atoms. The molecule has 1 aromatic rings. The van der Waals surface area contributed by atoms with Crippen molar-refractivity contribution in [3.8, 4) is 0 Å². The minimum absolute atomic E-state index is 0.704. The van der Waals surface area contributed by atoms with E-state index in [1.54, 1.807) is 0 Å². The van der Waals surface area contributed by atoms with E-state index in [4.69, 9.17) is 0 Å². The monoisotopic (exact) mass is 287 g/mol. The average molecular weight is 287 g/mol. The van der Waals surface area contributed by atoms with Crippen LogP contribution in [0.3, 0.4) is 0 Å². The second kappa shape index (κ2) is 6.80. The molecule has 1 aromatic carbocycles. The lowest BCUT2D eigenvalue weighted by atomic mass is 9.97. The van der Waals surface area contributed by atoms with Crippen LogP contribution in [0.4, 0.5) is 5.69 Å². The van der Waals surface area contributed by atoms with E-state index in [0.717, 1.165) is 12.5 Å². The van der Waals surface area contributed by atoms with Crippen molar-refractivity contribution < 1.29 is 0 Å². The van der Waals surface area contributed by atoms with E-state index in [1.807, 2.05) is 0 Å². The minimum Gasteiger partial charge on any atom is -0.384 e. The van der Waals surface area contributed by atoms with Crippen LogP contribution in [0.2, 0.25) is 0 Å². The fourth-order valence-electron chi connectivity index (χ4n) is 3.66. The molecule has 21 heavy (non-hydrogen) atoms. The first-order valence-corrected chi connectivity index (χ1v) is 8.50. The van der Waals surface area contributed by atoms with E-state index >= 15 is 0 Å². The molecular weight excluding hydrogens is 258 g/mol.